The summed E-state index contributed by atoms with van der Waals surface area (Å²) in [4.78, 5) is 4.16. The van der Waals surface area contributed by atoms with Crippen molar-refractivity contribution in [3.05, 3.63) is 35.9 Å². The highest BCUT2D eigenvalue weighted by Gasteiger charge is 1.97. The topological polar surface area (TPSA) is 54.9 Å². The second kappa shape index (κ2) is 13.1. The van der Waals surface area contributed by atoms with Gasteiger partial charge in [-0.05, 0) is 25.3 Å². The smallest absolute Gasteiger partial charge is 0.191 e. The van der Waals surface area contributed by atoms with Crippen LogP contribution in [0.4, 0.5) is 0 Å². The van der Waals surface area contributed by atoms with Crippen molar-refractivity contribution >= 4 is 5.96 Å². The predicted molar refractivity (Wildman–Crippen MR) is 91.4 cm³/mol. The second-order valence-electron chi connectivity index (χ2n) is 4.82. The van der Waals surface area contributed by atoms with Crippen LogP contribution < -0.4 is 10.6 Å². The monoisotopic (exact) mass is 307 g/mol. The lowest BCUT2D eigenvalue weighted by atomic mass is 10.2. The maximum atomic E-state index is 5.65. The van der Waals surface area contributed by atoms with E-state index < -0.39 is 0 Å². The summed E-state index contributed by atoms with van der Waals surface area (Å²) in [5, 5.41) is 6.46. The van der Waals surface area contributed by atoms with Gasteiger partial charge in [-0.25, -0.2) is 0 Å². The average molecular weight is 307 g/mol. The molecule has 0 spiro atoms. The molecule has 5 heteroatoms. The highest BCUT2D eigenvalue weighted by Crippen LogP contribution is 1.99. The first-order valence-corrected chi connectivity index (χ1v) is 8.00. The Morgan fingerprint density at radius 3 is 2.50 bits per heavy atom. The molecule has 0 unspecified atom stereocenters. The van der Waals surface area contributed by atoms with Crippen LogP contribution in [-0.2, 0) is 15.9 Å². The molecule has 1 rings (SSSR count). The maximum absolute atomic E-state index is 5.65. The third-order valence-corrected chi connectivity index (χ3v) is 3.10. The lowest BCUT2D eigenvalue weighted by Crippen LogP contribution is -2.39. The molecule has 22 heavy (non-hydrogen) atoms. The van der Waals surface area contributed by atoms with Crippen molar-refractivity contribution in [3.63, 3.8) is 0 Å². The van der Waals surface area contributed by atoms with Crippen molar-refractivity contribution in [2.45, 2.75) is 19.8 Å². The van der Waals surface area contributed by atoms with E-state index in [1.807, 2.05) is 13.0 Å². The largest absolute Gasteiger partial charge is 0.381 e. The van der Waals surface area contributed by atoms with Crippen molar-refractivity contribution in [2.75, 3.05) is 46.6 Å². The Bertz CT molecular complexity index is 396. The molecule has 0 heterocycles. The van der Waals surface area contributed by atoms with E-state index >= 15 is 0 Å². The van der Waals surface area contributed by atoms with Crippen LogP contribution in [-0.4, -0.2) is 52.5 Å². The summed E-state index contributed by atoms with van der Waals surface area (Å²) in [6, 6.07) is 10.4. The van der Waals surface area contributed by atoms with Gasteiger partial charge in [-0.2, -0.15) is 0 Å². The molecule has 0 saturated carbocycles. The van der Waals surface area contributed by atoms with Gasteiger partial charge in [0.1, 0.15) is 0 Å². The summed E-state index contributed by atoms with van der Waals surface area (Å²) in [5.74, 6) is 0.809. The molecular weight excluding hydrogens is 278 g/mol. The first-order valence-electron chi connectivity index (χ1n) is 8.00. The third-order valence-electron chi connectivity index (χ3n) is 3.10. The Kier molecular flexibility index (Phi) is 11.0. The van der Waals surface area contributed by atoms with E-state index in [4.69, 9.17) is 9.47 Å². The van der Waals surface area contributed by atoms with Gasteiger partial charge in [0.25, 0.3) is 0 Å². The number of guanidine groups is 1. The average Bonchev–Trinajstić information content (AvgIpc) is 2.56. The van der Waals surface area contributed by atoms with Crippen LogP contribution >= 0.6 is 0 Å². The fourth-order valence-electron chi connectivity index (χ4n) is 1.92. The van der Waals surface area contributed by atoms with Gasteiger partial charge in [-0.15, -0.1) is 0 Å². The molecule has 124 valence electrons. The van der Waals surface area contributed by atoms with Crippen LogP contribution in [0.1, 0.15) is 18.9 Å². The fraction of sp³-hybridized carbons (Fsp3) is 0.588. The molecule has 1 aromatic carbocycles. The zero-order chi connectivity index (χ0) is 15.9. The van der Waals surface area contributed by atoms with Crippen molar-refractivity contribution in [1.29, 1.82) is 0 Å². The van der Waals surface area contributed by atoms with Crippen molar-refractivity contribution in [3.8, 4) is 0 Å². The third kappa shape index (κ3) is 9.37. The number of ether oxygens (including phenoxy) is 2. The predicted octanol–water partition coefficient (Wildman–Crippen LogP) is 1.84. The number of hydrogen-bond donors (Lipinski definition) is 2. The first-order chi connectivity index (χ1) is 10.9. The minimum absolute atomic E-state index is 0.694. The van der Waals surface area contributed by atoms with Gasteiger partial charge >= 0.3 is 0 Å². The molecule has 2 N–H and O–H groups in total. The zero-order valence-electron chi connectivity index (χ0n) is 13.8. The Morgan fingerprint density at radius 1 is 1.00 bits per heavy atom. The van der Waals surface area contributed by atoms with E-state index in [1.54, 1.807) is 7.05 Å². The molecule has 0 amide bonds. The lowest BCUT2D eigenvalue weighted by Gasteiger charge is -2.11. The summed E-state index contributed by atoms with van der Waals surface area (Å²) in [5.41, 5.74) is 1.32. The molecule has 5 nitrogen and oxygen atoms in total. The fourth-order valence-corrected chi connectivity index (χ4v) is 1.92. The molecule has 0 bridgehead atoms. The minimum Gasteiger partial charge on any atom is -0.381 e. The molecule has 0 radical (unpaired) electrons. The van der Waals surface area contributed by atoms with E-state index in [0.717, 1.165) is 51.7 Å². The van der Waals surface area contributed by atoms with Gasteiger partial charge in [-0.3, -0.25) is 4.99 Å². The van der Waals surface area contributed by atoms with E-state index in [2.05, 4.69) is 39.9 Å². The van der Waals surface area contributed by atoms with Crippen molar-refractivity contribution < 1.29 is 9.47 Å². The summed E-state index contributed by atoms with van der Waals surface area (Å²) >= 11 is 0. The molecule has 0 fully saturated rings. The number of nitrogens with one attached hydrogen (secondary N) is 2. The highest BCUT2D eigenvalue weighted by molar-refractivity contribution is 5.79. The number of aliphatic imine (C=N–C) groups is 1. The Morgan fingerprint density at radius 2 is 1.77 bits per heavy atom. The number of rotatable bonds is 11. The molecule has 0 aliphatic carbocycles. The zero-order valence-corrected chi connectivity index (χ0v) is 13.8. The van der Waals surface area contributed by atoms with Crippen molar-refractivity contribution in [2.24, 2.45) is 4.99 Å². The summed E-state index contributed by atoms with van der Waals surface area (Å²) in [6.45, 7) is 6.57. The van der Waals surface area contributed by atoms with Crippen LogP contribution in [0.5, 0.6) is 0 Å². The van der Waals surface area contributed by atoms with E-state index in [0.29, 0.717) is 6.61 Å². The molecule has 0 aromatic heterocycles. The number of hydrogen-bond acceptors (Lipinski definition) is 3. The van der Waals surface area contributed by atoms with Gasteiger partial charge in [0.05, 0.1) is 13.2 Å². The van der Waals surface area contributed by atoms with Gasteiger partial charge in [0.15, 0.2) is 5.96 Å². The minimum atomic E-state index is 0.694. The molecule has 0 aliphatic heterocycles. The number of nitrogens with zero attached hydrogens (tertiary/aromatic N) is 1. The summed E-state index contributed by atoms with van der Waals surface area (Å²) in [6.07, 6.45) is 1.93. The normalized spacial score (nSPS) is 11.5. The van der Waals surface area contributed by atoms with Crippen LogP contribution in [0, 0.1) is 0 Å². The molecule has 0 saturated heterocycles. The Labute approximate surface area is 134 Å². The van der Waals surface area contributed by atoms with Crippen LogP contribution in [0.25, 0.3) is 0 Å². The van der Waals surface area contributed by atoms with E-state index in [1.165, 1.54) is 5.56 Å². The SMILES string of the molecule is CCOCCNC(=NC)NCCCOCCc1ccccc1. The molecular formula is C17H29N3O2. The first kappa shape index (κ1) is 18.5. The molecule has 0 aliphatic rings. The molecule has 0 atom stereocenters. The Hall–Kier alpha value is -1.59. The van der Waals surface area contributed by atoms with E-state index in [9.17, 15) is 0 Å². The van der Waals surface area contributed by atoms with E-state index in [-0.39, 0.29) is 0 Å². The Balaban J connectivity index is 1.95. The quantitative estimate of drug-likeness (QED) is 0.372. The maximum Gasteiger partial charge on any atom is 0.191 e. The number of benzene rings is 1. The summed E-state index contributed by atoms with van der Waals surface area (Å²) < 4.78 is 10.9. The van der Waals surface area contributed by atoms with Gasteiger partial charge in [-0.1, -0.05) is 30.3 Å². The van der Waals surface area contributed by atoms with Crippen LogP contribution in [0.2, 0.25) is 0 Å². The standard InChI is InChI=1S/C17H29N3O2/c1-3-21-15-12-20-17(18-2)19-11-7-13-22-14-10-16-8-5-4-6-9-16/h4-6,8-9H,3,7,10-15H2,1-2H3,(H2,18,19,20). The van der Waals surface area contributed by atoms with Crippen LogP contribution in [0.3, 0.4) is 0 Å². The van der Waals surface area contributed by atoms with Crippen molar-refractivity contribution in [1.82, 2.24) is 10.6 Å². The second-order valence-corrected chi connectivity index (χ2v) is 4.82. The van der Waals surface area contributed by atoms with Gasteiger partial charge in [0.2, 0.25) is 0 Å². The highest BCUT2D eigenvalue weighted by atomic mass is 16.5. The summed E-state index contributed by atoms with van der Waals surface area (Å²) in [7, 11) is 1.77. The van der Waals surface area contributed by atoms with Gasteiger partial charge in [0, 0.05) is 33.4 Å². The molecule has 1 aromatic rings. The van der Waals surface area contributed by atoms with Crippen LogP contribution in [0.15, 0.2) is 35.3 Å². The lowest BCUT2D eigenvalue weighted by molar-refractivity contribution is 0.135. The van der Waals surface area contributed by atoms with Gasteiger partial charge < -0.3 is 20.1 Å².